The second-order valence-corrected chi connectivity index (χ2v) is 3.70. The zero-order valence-corrected chi connectivity index (χ0v) is 8.16. The van der Waals surface area contributed by atoms with Gasteiger partial charge in [-0.1, -0.05) is 0 Å². The standard InChI is InChI=1S/C9H20N2O/c1-9(3-8-12)11-6-4-10(2)5-7-11/h9,12H,3-8H2,1-2H3. The lowest BCUT2D eigenvalue weighted by Crippen LogP contribution is -2.48. The molecule has 0 aromatic rings. The first kappa shape index (κ1) is 9.96. The third-order valence-corrected chi connectivity index (χ3v) is 2.71. The van der Waals surface area contributed by atoms with E-state index in [9.17, 15) is 0 Å². The van der Waals surface area contributed by atoms with Crippen molar-refractivity contribution < 1.29 is 5.11 Å². The Morgan fingerprint density at radius 2 is 1.83 bits per heavy atom. The predicted molar refractivity (Wildman–Crippen MR) is 50.2 cm³/mol. The van der Waals surface area contributed by atoms with Gasteiger partial charge in [-0.2, -0.15) is 0 Å². The second kappa shape index (κ2) is 4.80. The molecule has 1 N–H and O–H groups in total. The number of piperazine rings is 1. The molecule has 0 amide bonds. The van der Waals surface area contributed by atoms with Crippen LogP contribution in [0, 0.1) is 0 Å². The summed E-state index contributed by atoms with van der Waals surface area (Å²) in [6.45, 7) is 7.13. The Morgan fingerprint density at radius 3 is 2.33 bits per heavy atom. The highest BCUT2D eigenvalue weighted by atomic mass is 16.3. The fourth-order valence-electron chi connectivity index (χ4n) is 1.63. The van der Waals surface area contributed by atoms with Crippen molar-refractivity contribution in [3.63, 3.8) is 0 Å². The van der Waals surface area contributed by atoms with Crippen LogP contribution in [0.1, 0.15) is 13.3 Å². The van der Waals surface area contributed by atoms with Gasteiger partial charge in [-0.05, 0) is 20.4 Å². The minimum Gasteiger partial charge on any atom is -0.396 e. The SMILES string of the molecule is CC(CCO)N1CCN(C)CC1. The van der Waals surface area contributed by atoms with E-state index in [1.165, 1.54) is 0 Å². The van der Waals surface area contributed by atoms with Gasteiger partial charge in [0, 0.05) is 38.8 Å². The number of likely N-dealkylation sites (N-methyl/N-ethyl adjacent to an activating group) is 1. The average molecular weight is 172 g/mol. The van der Waals surface area contributed by atoms with Crippen LogP contribution in [0.15, 0.2) is 0 Å². The molecule has 1 saturated heterocycles. The molecule has 1 fully saturated rings. The molecule has 1 heterocycles. The predicted octanol–water partition coefficient (Wildman–Crippen LogP) is 0.00470. The molecule has 3 nitrogen and oxygen atoms in total. The first-order valence-corrected chi connectivity index (χ1v) is 4.77. The number of hydrogen-bond donors (Lipinski definition) is 1. The highest BCUT2D eigenvalue weighted by molar-refractivity contribution is 4.74. The molecule has 12 heavy (non-hydrogen) atoms. The number of aliphatic hydroxyl groups is 1. The number of aliphatic hydroxyl groups excluding tert-OH is 1. The van der Waals surface area contributed by atoms with Crippen LogP contribution < -0.4 is 0 Å². The Balaban J connectivity index is 2.24. The molecular weight excluding hydrogens is 152 g/mol. The fraction of sp³-hybridized carbons (Fsp3) is 1.00. The van der Waals surface area contributed by atoms with E-state index in [2.05, 4.69) is 23.8 Å². The molecule has 0 aromatic carbocycles. The maximum absolute atomic E-state index is 8.78. The molecule has 0 spiro atoms. The Bertz CT molecular complexity index is 122. The smallest absolute Gasteiger partial charge is 0.0445 e. The van der Waals surface area contributed by atoms with E-state index in [1.807, 2.05) is 0 Å². The minimum absolute atomic E-state index is 0.313. The van der Waals surface area contributed by atoms with Gasteiger partial charge in [-0.15, -0.1) is 0 Å². The molecule has 1 aliphatic rings. The number of nitrogens with zero attached hydrogens (tertiary/aromatic N) is 2. The number of rotatable bonds is 3. The largest absolute Gasteiger partial charge is 0.396 e. The van der Waals surface area contributed by atoms with Gasteiger partial charge in [0.2, 0.25) is 0 Å². The Morgan fingerprint density at radius 1 is 1.25 bits per heavy atom. The Hall–Kier alpha value is -0.120. The van der Waals surface area contributed by atoms with Gasteiger partial charge in [-0.25, -0.2) is 0 Å². The maximum Gasteiger partial charge on any atom is 0.0445 e. The lowest BCUT2D eigenvalue weighted by atomic mass is 10.2. The maximum atomic E-state index is 8.78. The van der Waals surface area contributed by atoms with Crippen molar-refractivity contribution in [2.45, 2.75) is 19.4 Å². The molecule has 3 heteroatoms. The monoisotopic (exact) mass is 172 g/mol. The molecule has 0 aromatic heterocycles. The molecule has 72 valence electrons. The van der Waals surface area contributed by atoms with E-state index in [0.29, 0.717) is 12.6 Å². The lowest BCUT2D eigenvalue weighted by Gasteiger charge is -2.36. The van der Waals surface area contributed by atoms with Gasteiger partial charge in [0.15, 0.2) is 0 Å². The summed E-state index contributed by atoms with van der Waals surface area (Å²) in [7, 11) is 2.16. The molecule has 1 unspecified atom stereocenters. The molecule has 0 saturated carbocycles. The first-order valence-electron chi connectivity index (χ1n) is 4.77. The van der Waals surface area contributed by atoms with Crippen LogP contribution in [0.2, 0.25) is 0 Å². The summed E-state index contributed by atoms with van der Waals surface area (Å²) >= 11 is 0. The summed E-state index contributed by atoms with van der Waals surface area (Å²) in [6, 6.07) is 0.545. The average Bonchev–Trinajstić information content (AvgIpc) is 2.06. The van der Waals surface area contributed by atoms with Crippen LogP contribution in [-0.2, 0) is 0 Å². The fourth-order valence-corrected chi connectivity index (χ4v) is 1.63. The topological polar surface area (TPSA) is 26.7 Å². The normalized spacial score (nSPS) is 24.2. The Kier molecular flexibility index (Phi) is 3.98. The van der Waals surface area contributed by atoms with Crippen molar-refractivity contribution >= 4 is 0 Å². The van der Waals surface area contributed by atoms with Gasteiger partial charge < -0.3 is 10.0 Å². The molecular formula is C9H20N2O. The molecule has 1 atom stereocenters. The molecule has 1 rings (SSSR count). The van der Waals surface area contributed by atoms with Gasteiger partial charge in [0.25, 0.3) is 0 Å². The van der Waals surface area contributed by atoms with E-state index >= 15 is 0 Å². The van der Waals surface area contributed by atoms with Gasteiger partial charge >= 0.3 is 0 Å². The summed E-state index contributed by atoms with van der Waals surface area (Å²) in [4.78, 5) is 4.80. The minimum atomic E-state index is 0.313. The van der Waals surface area contributed by atoms with Crippen molar-refractivity contribution in [1.82, 2.24) is 9.80 Å². The molecule has 0 bridgehead atoms. The van der Waals surface area contributed by atoms with E-state index in [4.69, 9.17) is 5.11 Å². The highest BCUT2D eigenvalue weighted by Gasteiger charge is 2.17. The van der Waals surface area contributed by atoms with Gasteiger partial charge in [0.1, 0.15) is 0 Å². The van der Waals surface area contributed by atoms with Crippen LogP contribution in [0.25, 0.3) is 0 Å². The molecule has 1 aliphatic heterocycles. The molecule has 0 radical (unpaired) electrons. The van der Waals surface area contributed by atoms with Gasteiger partial charge in [0.05, 0.1) is 0 Å². The Labute approximate surface area is 75.0 Å². The van der Waals surface area contributed by atoms with Crippen molar-refractivity contribution in [2.75, 3.05) is 39.8 Å². The van der Waals surface area contributed by atoms with Crippen LogP contribution >= 0.6 is 0 Å². The zero-order valence-electron chi connectivity index (χ0n) is 8.16. The zero-order chi connectivity index (χ0) is 8.97. The van der Waals surface area contributed by atoms with Crippen LogP contribution in [-0.4, -0.2) is 60.8 Å². The summed E-state index contributed by atoms with van der Waals surface area (Å²) in [5, 5.41) is 8.78. The van der Waals surface area contributed by atoms with Crippen molar-refractivity contribution in [3.8, 4) is 0 Å². The third kappa shape index (κ3) is 2.73. The van der Waals surface area contributed by atoms with Crippen LogP contribution in [0.5, 0.6) is 0 Å². The summed E-state index contributed by atoms with van der Waals surface area (Å²) in [6.07, 6.45) is 0.906. The highest BCUT2D eigenvalue weighted by Crippen LogP contribution is 2.06. The van der Waals surface area contributed by atoms with E-state index in [-0.39, 0.29) is 0 Å². The number of hydrogen-bond acceptors (Lipinski definition) is 3. The second-order valence-electron chi connectivity index (χ2n) is 3.70. The van der Waals surface area contributed by atoms with E-state index in [1.54, 1.807) is 0 Å². The van der Waals surface area contributed by atoms with Crippen LogP contribution in [0.3, 0.4) is 0 Å². The lowest BCUT2D eigenvalue weighted by molar-refractivity contribution is 0.103. The quantitative estimate of drug-likeness (QED) is 0.649. The molecule has 0 aliphatic carbocycles. The van der Waals surface area contributed by atoms with Gasteiger partial charge in [-0.3, -0.25) is 4.90 Å². The summed E-state index contributed by atoms with van der Waals surface area (Å²) in [5.74, 6) is 0. The van der Waals surface area contributed by atoms with Crippen molar-refractivity contribution in [2.24, 2.45) is 0 Å². The third-order valence-electron chi connectivity index (χ3n) is 2.71. The van der Waals surface area contributed by atoms with Crippen molar-refractivity contribution in [3.05, 3.63) is 0 Å². The summed E-state index contributed by atoms with van der Waals surface area (Å²) in [5.41, 5.74) is 0. The summed E-state index contributed by atoms with van der Waals surface area (Å²) < 4.78 is 0. The first-order chi connectivity index (χ1) is 5.74. The van der Waals surface area contributed by atoms with E-state index < -0.39 is 0 Å². The van der Waals surface area contributed by atoms with E-state index in [0.717, 1.165) is 32.6 Å². The van der Waals surface area contributed by atoms with Crippen molar-refractivity contribution in [1.29, 1.82) is 0 Å². The van der Waals surface area contributed by atoms with Crippen LogP contribution in [0.4, 0.5) is 0 Å².